The van der Waals surface area contributed by atoms with E-state index < -0.39 is 17.4 Å². The molecule has 0 bridgehead atoms. The maximum atomic E-state index is 13.7. The van der Waals surface area contributed by atoms with E-state index in [1.54, 1.807) is 35.0 Å². The van der Waals surface area contributed by atoms with Crippen LogP contribution in [0.5, 0.6) is 11.5 Å². The molecule has 5 aromatic rings. The van der Waals surface area contributed by atoms with Gasteiger partial charge in [-0.05, 0) is 57.0 Å². The van der Waals surface area contributed by atoms with Crippen molar-refractivity contribution in [2.75, 3.05) is 32.8 Å². The summed E-state index contributed by atoms with van der Waals surface area (Å²) in [6, 6.07) is 7.94. The van der Waals surface area contributed by atoms with E-state index >= 15 is 0 Å². The molecule has 7 rings (SSSR count). The molecule has 2 aliphatic heterocycles. The fourth-order valence-corrected chi connectivity index (χ4v) is 7.00. The summed E-state index contributed by atoms with van der Waals surface area (Å²) in [5.41, 5.74) is 3.63. The molecule has 15 nitrogen and oxygen atoms in total. The summed E-state index contributed by atoms with van der Waals surface area (Å²) in [6.07, 6.45) is 5.24. The van der Waals surface area contributed by atoms with Crippen LogP contribution in [-0.4, -0.2) is 79.9 Å². The first-order chi connectivity index (χ1) is 25.8. The summed E-state index contributed by atoms with van der Waals surface area (Å²) in [5.74, 6) is 0.571. The van der Waals surface area contributed by atoms with E-state index in [2.05, 4.69) is 27.1 Å². The van der Waals surface area contributed by atoms with Crippen LogP contribution < -0.4 is 14.8 Å². The second-order valence-corrected chi connectivity index (χ2v) is 14.5. The Bertz CT molecular complexity index is 2370. The van der Waals surface area contributed by atoms with Crippen LogP contribution in [0.2, 0.25) is 0 Å². The van der Waals surface area contributed by atoms with Crippen molar-refractivity contribution in [1.82, 2.24) is 28.9 Å². The maximum Gasteiger partial charge on any atom is 0.338 e. The molecule has 2 aromatic carbocycles. The van der Waals surface area contributed by atoms with Gasteiger partial charge in [-0.2, -0.15) is 32.1 Å². The van der Waals surface area contributed by atoms with E-state index in [1.807, 2.05) is 39.2 Å². The first-order valence-electron chi connectivity index (χ1n) is 17.9. The molecule has 0 fully saturated rings. The number of ether oxygens (including phenoxy) is 4. The molecule has 0 unspecified atom stereocenters. The minimum Gasteiger partial charge on any atom is -0.489 e. The van der Waals surface area contributed by atoms with Crippen LogP contribution in [0.3, 0.4) is 0 Å². The largest absolute Gasteiger partial charge is 0.489 e. The second kappa shape index (κ2) is 16.4. The predicted octanol–water partition coefficient (Wildman–Crippen LogP) is 6.02. The Labute approximate surface area is 337 Å². The first kappa shape index (κ1) is 41.9. The third-order valence-corrected chi connectivity index (χ3v) is 9.70. The monoisotopic (exact) mass is 805 g/mol. The van der Waals surface area contributed by atoms with Gasteiger partial charge in [-0.1, -0.05) is 32.9 Å². The highest BCUT2D eigenvalue weighted by molar-refractivity contribution is 7.59. The number of nitrogens with zero attached hydrogens (tertiary/aromatic N) is 6. The van der Waals surface area contributed by atoms with Gasteiger partial charge in [0.25, 0.3) is 0 Å². The number of imidazole rings is 2. The first-order valence-corrected chi connectivity index (χ1v) is 17.9. The summed E-state index contributed by atoms with van der Waals surface area (Å²) < 4.78 is 28.0. The van der Waals surface area contributed by atoms with E-state index in [1.165, 1.54) is 14.2 Å². The van der Waals surface area contributed by atoms with Crippen LogP contribution in [0, 0.1) is 12.3 Å². The molecule has 2 atom stereocenters. The lowest BCUT2D eigenvalue weighted by Gasteiger charge is -2.28. The highest BCUT2D eigenvalue weighted by Crippen LogP contribution is 2.40. The summed E-state index contributed by atoms with van der Waals surface area (Å²) in [7, 11) is 2.63. The van der Waals surface area contributed by atoms with E-state index in [4.69, 9.17) is 28.9 Å². The van der Waals surface area contributed by atoms with Crippen LogP contribution in [0.4, 0.5) is 5.95 Å². The average Bonchev–Trinajstić information content (AvgIpc) is 3.84. The molecule has 298 valence electrons. The lowest BCUT2D eigenvalue weighted by molar-refractivity contribution is -0.123. The quantitative estimate of drug-likeness (QED) is 0.0941. The molecule has 0 radical (unpaired) electrons. The zero-order valence-corrected chi connectivity index (χ0v) is 34.4. The molecular formula is C39H47N7O8S2. The third-order valence-electron chi connectivity index (χ3n) is 9.70. The SMILES string of the molecule is CCn1nc(C)cc1C(=O)Cc1nc2cc(C(=O)OC)cc3c2n1[C@@H](C/C=C/C[C@H]1COc2cc(C(=O)OC)cc4nc(NC(=O)C(C)(C)C)n1c24)CO3.S.S. The number of carbonyl (C=O) groups is 4. The summed E-state index contributed by atoms with van der Waals surface area (Å²) >= 11 is 0. The predicted molar refractivity (Wildman–Crippen MR) is 219 cm³/mol. The molecule has 0 spiro atoms. The average molecular weight is 806 g/mol. The van der Waals surface area contributed by atoms with Gasteiger partial charge in [0.1, 0.15) is 47.3 Å². The summed E-state index contributed by atoms with van der Waals surface area (Å²) in [6.45, 7) is 10.4. The molecule has 5 heterocycles. The number of Topliss-reactive ketones (excluding diaryl/α,β-unsaturated/α-hetero) is 1. The van der Waals surface area contributed by atoms with Gasteiger partial charge in [0, 0.05) is 12.0 Å². The van der Waals surface area contributed by atoms with Crippen molar-refractivity contribution >= 4 is 78.6 Å². The highest BCUT2D eigenvalue weighted by atomic mass is 32.1. The Morgan fingerprint density at radius 1 is 0.839 bits per heavy atom. The minimum absolute atomic E-state index is 0. The molecule has 3 aromatic heterocycles. The number of methoxy groups -OCH3 is 2. The fourth-order valence-electron chi connectivity index (χ4n) is 7.00. The van der Waals surface area contributed by atoms with Crippen molar-refractivity contribution in [3.63, 3.8) is 0 Å². The number of carbonyl (C=O) groups excluding carboxylic acids is 4. The standard InChI is InChI=1S/C39H43N7O8.2H2S/c1-8-44-28(13-21(2)43-44)29(47)18-32-40-26-14-22(35(48)51-6)16-30-33(26)45(32)24(19-53-30)11-9-10-12-25-20-54-31-17-23(36(49)52-7)15-27-34(31)46(25)38(41-27)42-37(50)39(3,4)5;;/h9-10,13-17,24-25H,8,11-12,18-20H2,1-7H3,(H,41,42,50);2*1H2/b10-9+;;/t24-,25-;;/m0../s1. The highest BCUT2D eigenvalue weighted by Gasteiger charge is 2.32. The van der Waals surface area contributed by atoms with Gasteiger partial charge in [0.05, 0.1) is 60.6 Å². The van der Waals surface area contributed by atoms with E-state index in [9.17, 15) is 19.2 Å². The second-order valence-electron chi connectivity index (χ2n) is 14.5. The molecular weight excluding hydrogens is 759 g/mol. The van der Waals surface area contributed by atoms with Crippen LogP contribution in [-0.2, 0) is 27.2 Å². The lowest BCUT2D eigenvalue weighted by atomic mass is 9.96. The van der Waals surface area contributed by atoms with Crippen LogP contribution >= 0.6 is 27.0 Å². The summed E-state index contributed by atoms with van der Waals surface area (Å²) in [5, 5.41) is 7.44. The number of allylic oxidation sites excluding steroid dienone is 2. The summed E-state index contributed by atoms with van der Waals surface area (Å²) in [4.78, 5) is 61.3. The van der Waals surface area contributed by atoms with Crippen molar-refractivity contribution in [1.29, 1.82) is 0 Å². The Hall–Kier alpha value is -5.29. The molecule has 0 saturated carbocycles. The minimum atomic E-state index is -0.668. The maximum absolute atomic E-state index is 13.7. The van der Waals surface area contributed by atoms with Crippen molar-refractivity contribution < 1.29 is 38.1 Å². The van der Waals surface area contributed by atoms with Gasteiger partial charge in [-0.3, -0.25) is 24.2 Å². The van der Waals surface area contributed by atoms with Crippen molar-refractivity contribution in [3.8, 4) is 11.5 Å². The van der Waals surface area contributed by atoms with Gasteiger partial charge >= 0.3 is 11.9 Å². The number of hydrogen-bond donors (Lipinski definition) is 1. The van der Waals surface area contributed by atoms with Crippen LogP contribution in [0.15, 0.2) is 42.5 Å². The van der Waals surface area contributed by atoms with Gasteiger partial charge in [-0.15, -0.1) is 0 Å². The van der Waals surface area contributed by atoms with E-state index in [-0.39, 0.29) is 70.4 Å². The number of nitrogens with one attached hydrogen (secondary N) is 1. The molecule has 17 heteroatoms. The number of anilines is 1. The van der Waals surface area contributed by atoms with Crippen LogP contribution in [0.1, 0.15) is 95.3 Å². The number of aryl methyl sites for hydroxylation is 2. The van der Waals surface area contributed by atoms with Gasteiger partial charge in [0.15, 0.2) is 5.78 Å². The molecule has 0 saturated heterocycles. The Morgan fingerprint density at radius 3 is 1.91 bits per heavy atom. The van der Waals surface area contributed by atoms with Crippen molar-refractivity contribution in [2.45, 2.75) is 72.5 Å². The fraction of sp³-hybridized carbons (Fsp3) is 0.410. The number of rotatable bonds is 11. The van der Waals surface area contributed by atoms with Crippen molar-refractivity contribution in [2.24, 2.45) is 5.41 Å². The van der Waals surface area contributed by atoms with Gasteiger partial charge in [0.2, 0.25) is 11.9 Å². The normalized spacial score (nSPS) is 15.8. The number of benzene rings is 2. The molecule has 56 heavy (non-hydrogen) atoms. The molecule has 1 amide bonds. The van der Waals surface area contributed by atoms with Gasteiger partial charge < -0.3 is 23.5 Å². The topological polar surface area (TPSA) is 171 Å². The van der Waals surface area contributed by atoms with Gasteiger partial charge in [-0.25, -0.2) is 19.6 Å². The number of hydrogen-bond acceptors (Lipinski definition) is 11. The van der Waals surface area contributed by atoms with Crippen LogP contribution in [0.25, 0.3) is 22.1 Å². The van der Waals surface area contributed by atoms with Crippen molar-refractivity contribution in [3.05, 3.63) is 70.8 Å². The number of aromatic nitrogens is 6. The van der Waals surface area contributed by atoms with E-state index in [0.29, 0.717) is 81.5 Å². The Balaban J connectivity index is 0.00000300. The molecule has 1 N–H and O–H groups in total. The third kappa shape index (κ3) is 7.74. The smallest absolute Gasteiger partial charge is 0.338 e. The number of ketones is 1. The zero-order chi connectivity index (χ0) is 38.5. The number of esters is 2. The number of amides is 1. The molecule has 0 aliphatic carbocycles. The Kier molecular flexibility index (Phi) is 12.3. The lowest BCUT2D eigenvalue weighted by Crippen LogP contribution is -2.31. The molecule has 2 aliphatic rings. The van der Waals surface area contributed by atoms with E-state index in [0.717, 1.165) is 5.69 Å². The Morgan fingerprint density at radius 2 is 1.38 bits per heavy atom. The zero-order valence-electron chi connectivity index (χ0n) is 32.4.